The maximum absolute atomic E-state index is 6.25. The second kappa shape index (κ2) is 5.98. The second-order valence-corrected chi connectivity index (χ2v) is 5.46. The Morgan fingerprint density at radius 2 is 1.63 bits per heavy atom. The van der Waals surface area contributed by atoms with E-state index in [-0.39, 0.29) is 6.04 Å². The third kappa shape index (κ3) is 3.65. The summed E-state index contributed by atoms with van der Waals surface area (Å²) in [6.07, 6.45) is 2.67. The molecular weight excluding hydrogens is 232 g/mol. The van der Waals surface area contributed by atoms with Crippen LogP contribution in [0.2, 0.25) is 0 Å². The van der Waals surface area contributed by atoms with Crippen molar-refractivity contribution in [3.8, 4) is 0 Å². The summed E-state index contributed by atoms with van der Waals surface area (Å²) in [6, 6.07) is 12.7. The smallest absolute Gasteiger partial charge is 0.0422 e. The van der Waals surface area contributed by atoms with Gasteiger partial charge in [0.05, 0.1) is 0 Å². The quantitative estimate of drug-likeness (QED) is 0.902. The maximum Gasteiger partial charge on any atom is 0.0422 e. The van der Waals surface area contributed by atoms with Gasteiger partial charge in [0, 0.05) is 24.4 Å². The van der Waals surface area contributed by atoms with Crippen LogP contribution in [0.3, 0.4) is 0 Å². The van der Waals surface area contributed by atoms with E-state index in [2.05, 4.69) is 55.2 Å². The van der Waals surface area contributed by atoms with Crippen LogP contribution >= 0.6 is 0 Å². The van der Waals surface area contributed by atoms with Crippen molar-refractivity contribution in [2.75, 3.05) is 0 Å². The van der Waals surface area contributed by atoms with Crippen molar-refractivity contribution in [2.45, 2.75) is 39.2 Å². The van der Waals surface area contributed by atoms with Crippen molar-refractivity contribution in [2.24, 2.45) is 5.73 Å². The van der Waals surface area contributed by atoms with Gasteiger partial charge in [-0.3, -0.25) is 4.98 Å². The van der Waals surface area contributed by atoms with Gasteiger partial charge in [0.15, 0.2) is 0 Å². The molecule has 0 aliphatic carbocycles. The molecule has 0 amide bonds. The highest BCUT2D eigenvalue weighted by atomic mass is 14.7. The number of rotatable bonds is 4. The maximum atomic E-state index is 6.25. The molecule has 0 bridgehead atoms. The highest BCUT2D eigenvalue weighted by molar-refractivity contribution is 5.27. The van der Waals surface area contributed by atoms with Gasteiger partial charge in [-0.2, -0.15) is 0 Å². The average molecular weight is 254 g/mol. The fourth-order valence-electron chi connectivity index (χ4n) is 2.09. The lowest BCUT2D eigenvalue weighted by molar-refractivity contribution is 0.705. The molecule has 0 fully saturated rings. The minimum Gasteiger partial charge on any atom is -0.324 e. The molecule has 1 aromatic carbocycles. The minimum absolute atomic E-state index is 0.0106. The van der Waals surface area contributed by atoms with Crippen LogP contribution in [0.15, 0.2) is 42.6 Å². The molecule has 1 heterocycles. The lowest BCUT2D eigenvalue weighted by atomic mass is 9.97. The lowest BCUT2D eigenvalue weighted by Gasteiger charge is -2.13. The van der Waals surface area contributed by atoms with Gasteiger partial charge in [-0.15, -0.1) is 0 Å². The molecule has 2 N–H and O–H groups in total. The van der Waals surface area contributed by atoms with Gasteiger partial charge >= 0.3 is 0 Å². The number of nitrogens with two attached hydrogens (primary N) is 1. The average Bonchev–Trinajstić information content (AvgIpc) is 2.41. The summed E-state index contributed by atoms with van der Waals surface area (Å²) < 4.78 is 0. The van der Waals surface area contributed by atoms with E-state index >= 15 is 0 Å². The zero-order valence-corrected chi connectivity index (χ0v) is 11.9. The van der Waals surface area contributed by atoms with Crippen LogP contribution in [0.4, 0.5) is 0 Å². The summed E-state index contributed by atoms with van der Waals surface area (Å²) in [5.41, 5.74) is 11.0. The molecule has 2 aromatic rings. The van der Waals surface area contributed by atoms with Crippen molar-refractivity contribution in [3.63, 3.8) is 0 Å². The molecule has 19 heavy (non-hydrogen) atoms. The largest absolute Gasteiger partial charge is 0.324 e. The molecule has 2 rings (SSSR count). The third-order valence-electron chi connectivity index (χ3n) is 3.43. The van der Waals surface area contributed by atoms with Crippen molar-refractivity contribution >= 4 is 0 Å². The van der Waals surface area contributed by atoms with Crippen molar-refractivity contribution < 1.29 is 0 Å². The van der Waals surface area contributed by atoms with Crippen LogP contribution in [0.1, 0.15) is 48.2 Å². The van der Waals surface area contributed by atoms with Gasteiger partial charge < -0.3 is 5.73 Å². The molecule has 0 aliphatic heterocycles. The van der Waals surface area contributed by atoms with E-state index in [9.17, 15) is 0 Å². The molecular formula is C17H22N2. The van der Waals surface area contributed by atoms with Crippen LogP contribution in [0.5, 0.6) is 0 Å². The number of aromatic nitrogens is 1. The molecule has 0 aliphatic rings. The second-order valence-electron chi connectivity index (χ2n) is 5.46. The van der Waals surface area contributed by atoms with Gasteiger partial charge in [-0.05, 0) is 35.6 Å². The molecule has 0 saturated heterocycles. The van der Waals surface area contributed by atoms with Crippen LogP contribution < -0.4 is 5.73 Å². The Bertz CT molecular complexity index is 512. The van der Waals surface area contributed by atoms with E-state index in [4.69, 9.17) is 5.73 Å². The molecule has 1 unspecified atom stereocenters. The van der Waals surface area contributed by atoms with Gasteiger partial charge in [0.1, 0.15) is 0 Å². The normalized spacial score (nSPS) is 12.7. The molecule has 0 radical (unpaired) electrons. The van der Waals surface area contributed by atoms with Crippen molar-refractivity contribution in [3.05, 3.63) is 65.0 Å². The number of nitrogens with zero attached hydrogens (tertiary/aromatic N) is 1. The zero-order valence-electron chi connectivity index (χ0n) is 11.9. The predicted octanol–water partition coefficient (Wildman–Crippen LogP) is 3.76. The molecule has 2 heteroatoms. The fraction of sp³-hybridized carbons (Fsp3) is 0.353. The summed E-state index contributed by atoms with van der Waals surface area (Å²) in [5, 5.41) is 0. The highest BCUT2D eigenvalue weighted by Gasteiger charge is 2.08. The Morgan fingerprint density at radius 1 is 1.00 bits per heavy atom. The minimum atomic E-state index is 0.0106. The van der Waals surface area contributed by atoms with Gasteiger partial charge in [-0.25, -0.2) is 0 Å². The Hall–Kier alpha value is -1.67. The van der Waals surface area contributed by atoms with E-state index in [1.165, 1.54) is 16.7 Å². The van der Waals surface area contributed by atoms with Crippen LogP contribution in [0, 0.1) is 6.92 Å². The Balaban J connectivity index is 2.07. The van der Waals surface area contributed by atoms with Gasteiger partial charge in [0.25, 0.3) is 0 Å². The standard InChI is InChI=1S/C17H22N2/c1-12(2)14-5-7-15(8-6-14)17(18)10-16-9-4-13(3)11-19-16/h4-9,11-12,17H,10,18H2,1-3H3. The lowest BCUT2D eigenvalue weighted by Crippen LogP contribution is -2.14. The third-order valence-corrected chi connectivity index (χ3v) is 3.43. The number of pyridine rings is 1. The van der Waals surface area contributed by atoms with E-state index in [0.717, 1.165) is 12.1 Å². The topological polar surface area (TPSA) is 38.9 Å². The SMILES string of the molecule is Cc1ccc(CC(N)c2ccc(C(C)C)cc2)nc1. The van der Waals surface area contributed by atoms with E-state index in [1.54, 1.807) is 0 Å². The first-order valence-electron chi connectivity index (χ1n) is 6.83. The number of hydrogen-bond acceptors (Lipinski definition) is 2. The molecule has 1 aromatic heterocycles. The summed E-state index contributed by atoms with van der Waals surface area (Å²) in [6.45, 7) is 6.44. The van der Waals surface area contributed by atoms with Gasteiger partial charge in [-0.1, -0.05) is 44.2 Å². The Labute approximate surface area is 115 Å². The molecule has 2 nitrogen and oxygen atoms in total. The molecule has 0 spiro atoms. The number of benzene rings is 1. The monoisotopic (exact) mass is 254 g/mol. The van der Waals surface area contributed by atoms with Gasteiger partial charge in [0.2, 0.25) is 0 Å². The Morgan fingerprint density at radius 3 is 2.16 bits per heavy atom. The van der Waals surface area contributed by atoms with Crippen molar-refractivity contribution in [1.82, 2.24) is 4.98 Å². The first-order valence-corrected chi connectivity index (χ1v) is 6.83. The van der Waals surface area contributed by atoms with E-state index in [0.29, 0.717) is 5.92 Å². The summed E-state index contributed by atoms with van der Waals surface area (Å²) >= 11 is 0. The van der Waals surface area contributed by atoms with E-state index < -0.39 is 0 Å². The zero-order chi connectivity index (χ0) is 13.8. The summed E-state index contributed by atoms with van der Waals surface area (Å²) in [5.74, 6) is 0.559. The van der Waals surface area contributed by atoms with Crippen LogP contribution in [-0.2, 0) is 6.42 Å². The number of hydrogen-bond donors (Lipinski definition) is 1. The van der Waals surface area contributed by atoms with Crippen LogP contribution in [0.25, 0.3) is 0 Å². The fourth-order valence-corrected chi connectivity index (χ4v) is 2.09. The first-order chi connectivity index (χ1) is 9.06. The number of aryl methyl sites for hydroxylation is 1. The van der Waals surface area contributed by atoms with Crippen molar-refractivity contribution in [1.29, 1.82) is 0 Å². The molecule has 0 saturated carbocycles. The molecule has 1 atom stereocenters. The predicted molar refractivity (Wildman–Crippen MR) is 80.1 cm³/mol. The molecule has 100 valence electrons. The first kappa shape index (κ1) is 13.8. The summed E-state index contributed by atoms with van der Waals surface area (Å²) in [7, 11) is 0. The van der Waals surface area contributed by atoms with E-state index in [1.807, 2.05) is 13.1 Å². The highest BCUT2D eigenvalue weighted by Crippen LogP contribution is 2.19. The van der Waals surface area contributed by atoms with Crippen LogP contribution in [-0.4, -0.2) is 4.98 Å². The Kier molecular flexibility index (Phi) is 4.33. The summed E-state index contributed by atoms with van der Waals surface area (Å²) in [4.78, 5) is 4.41.